The van der Waals surface area contributed by atoms with Crippen LogP contribution >= 0.6 is 182 Å². The van der Waals surface area contributed by atoms with Crippen molar-refractivity contribution in [3.8, 4) is 0 Å². The predicted octanol–water partition coefficient (Wildman–Crippen LogP) is 8.46. The highest BCUT2D eigenvalue weighted by Gasteiger charge is 2.24. The van der Waals surface area contributed by atoms with Crippen molar-refractivity contribution in [3.05, 3.63) is 0 Å². The zero-order valence-electron chi connectivity index (χ0n) is 17.1. The normalized spacial score (nSPS) is 13.3. The molecule has 0 aliphatic heterocycles. The number of thioether (sulfide) groups is 8. The lowest BCUT2D eigenvalue weighted by molar-refractivity contribution is 0.613. The molecule has 0 saturated heterocycles. The number of hydrogen-bond acceptors (Lipinski definition) is 15. The summed E-state index contributed by atoms with van der Waals surface area (Å²) in [6.45, 7) is 0. The van der Waals surface area contributed by atoms with E-state index in [0.717, 1.165) is 59.9 Å². The molecule has 31 heavy (non-hydrogen) atoms. The molecule has 0 aromatic heterocycles. The quantitative estimate of drug-likeness (QED) is 0.0413. The van der Waals surface area contributed by atoms with Crippen LogP contribution in [-0.2, 0) is 0 Å². The van der Waals surface area contributed by atoms with Crippen molar-refractivity contribution in [3.63, 3.8) is 0 Å². The van der Waals surface area contributed by atoms with E-state index in [-0.39, 0.29) is 0 Å². The molecule has 0 aliphatic rings. The van der Waals surface area contributed by atoms with Gasteiger partial charge in [-0.1, -0.05) is 0 Å². The predicted molar refractivity (Wildman–Crippen MR) is 196 cm³/mol. The van der Waals surface area contributed by atoms with Crippen LogP contribution < -0.4 is 0 Å². The van der Waals surface area contributed by atoms with E-state index in [2.05, 4.69) is 99.3 Å². The fourth-order valence-corrected chi connectivity index (χ4v) is 17.2. The molecule has 0 aromatic rings. The molecule has 1 atom stereocenters. The lowest BCUT2D eigenvalue weighted by atomic mass is 10.1. The van der Waals surface area contributed by atoms with Gasteiger partial charge in [0, 0.05) is 47.3 Å². The Morgan fingerprint density at radius 2 is 0.774 bits per heavy atom. The van der Waals surface area contributed by atoms with Crippen LogP contribution in [0.15, 0.2) is 0 Å². The molecular weight excluding hydrogens is 673 g/mol. The van der Waals surface area contributed by atoms with Crippen molar-refractivity contribution >= 4 is 182 Å². The molecule has 0 heterocycles. The molecule has 0 N–H and O–H groups in total. The summed E-state index contributed by atoms with van der Waals surface area (Å²) in [5.41, 5.74) is 0. The summed E-state index contributed by atoms with van der Waals surface area (Å²) in [4.78, 5) is 0. The van der Waals surface area contributed by atoms with Crippen LogP contribution in [-0.4, -0.2) is 72.5 Å². The molecule has 0 amide bonds. The second kappa shape index (κ2) is 26.8. The molecule has 188 valence electrons. The van der Waals surface area contributed by atoms with Crippen LogP contribution in [0.2, 0.25) is 0 Å². The van der Waals surface area contributed by atoms with Gasteiger partial charge in [0.25, 0.3) is 0 Å². The van der Waals surface area contributed by atoms with E-state index in [9.17, 15) is 0 Å². The van der Waals surface area contributed by atoms with Crippen molar-refractivity contribution < 1.29 is 0 Å². The van der Waals surface area contributed by atoms with Gasteiger partial charge < -0.3 is 0 Å². The van der Waals surface area contributed by atoms with Crippen LogP contribution in [0, 0.1) is 5.92 Å². The Balaban J connectivity index is 4.84. The van der Waals surface area contributed by atoms with Gasteiger partial charge in [0.15, 0.2) is 0 Å². The molecule has 1 unspecified atom stereocenters. The largest absolute Gasteiger partial charge is 0.176 e. The van der Waals surface area contributed by atoms with E-state index in [0.29, 0.717) is 24.9 Å². The van der Waals surface area contributed by atoms with Gasteiger partial charge in [-0.3, -0.25) is 0 Å². The number of rotatable bonds is 23. The summed E-state index contributed by atoms with van der Waals surface area (Å²) < 4.78 is 1.62. The van der Waals surface area contributed by atoms with Crippen molar-refractivity contribution in [1.82, 2.24) is 0 Å². The summed E-state index contributed by atoms with van der Waals surface area (Å²) in [6.07, 6.45) is 1.09. The Morgan fingerprint density at radius 3 is 1.10 bits per heavy atom. The third kappa shape index (κ3) is 20.8. The van der Waals surface area contributed by atoms with Gasteiger partial charge in [0.1, 0.15) is 0 Å². The van der Waals surface area contributed by atoms with Crippen LogP contribution in [0.4, 0.5) is 0 Å². The average Bonchev–Trinajstić information content (AvgIpc) is 2.73. The smallest absolute Gasteiger partial charge is 0.0609 e. The first-order valence-corrected chi connectivity index (χ1v) is 22.2. The van der Waals surface area contributed by atoms with Crippen LogP contribution in [0.5, 0.6) is 0 Å². The molecule has 0 fully saturated rings. The summed E-state index contributed by atoms with van der Waals surface area (Å²) in [5, 5.41) is 5.50. The fraction of sp³-hybridized carbons (Fsp3) is 1.00. The van der Waals surface area contributed by atoms with E-state index in [4.69, 9.17) is 12.6 Å². The fourth-order valence-electron chi connectivity index (χ4n) is 2.26. The summed E-state index contributed by atoms with van der Waals surface area (Å²) in [5.74, 6) is 5.13. The Labute approximate surface area is 263 Å². The Hall–Kier alpha value is 5.25. The maximum Gasteiger partial charge on any atom is 0.0609 e. The number of thiol groups is 7. The molecular formula is C16H34S15. The minimum absolute atomic E-state index is 0.381. The Bertz CT molecular complexity index is 337. The maximum absolute atomic E-state index is 5.09. The van der Waals surface area contributed by atoms with Crippen LogP contribution in [0.25, 0.3) is 0 Å². The van der Waals surface area contributed by atoms with Gasteiger partial charge in [-0.2, -0.15) is 112 Å². The molecule has 15 heteroatoms. The summed E-state index contributed by atoms with van der Waals surface area (Å²) in [7, 11) is 0. The van der Waals surface area contributed by atoms with Gasteiger partial charge >= 0.3 is 0 Å². The van der Waals surface area contributed by atoms with Gasteiger partial charge in [-0.25, -0.2) is 0 Å². The van der Waals surface area contributed by atoms with Crippen molar-refractivity contribution in [2.75, 3.05) is 53.5 Å². The van der Waals surface area contributed by atoms with Gasteiger partial charge in [-0.05, 0) is 23.8 Å². The first-order chi connectivity index (χ1) is 15.1. The first kappa shape index (κ1) is 36.2. The average molecular weight is 707 g/mol. The maximum atomic E-state index is 5.09. The molecule has 0 aliphatic carbocycles. The zero-order valence-corrected chi connectivity index (χ0v) is 29.9. The van der Waals surface area contributed by atoms with Crippen molar-refractivity contribution in [2.24, 2.45) is 5.92 Å². The lowest BCUT2D eigenvalue weighted by Gasteiger charge is -2.27. The third-order valence-electron chi connectivity index (χ3n) is 3.71. The van der Waals surface area contributed by atoms with E-state index in [1.807, 2.05) is 70.6 Å². The molecule has 0 rings (SSSR count). The lowest BCUT2D eigenvalue weighted by Crippen LogP contribution is -2.24. The van der Waals surface area contributed by atoms with E-state index in [1.54, 1.807) is 0 Å². The topological polar surface area (TPSA) is 0 Å². The Morgan fingerprint density at radius 1 is 0.452 bits per heavy atom. The van der Waals surface area contributed by atoms with Crippen molar-refractivity contribution in [1.29, 1.82) is 0 Å². The van der Waals surface area contributed by atoms with Crippen molar-refractivity contribution in [2.45, 2.75) is 25.4 Å². The molecule has 0 spiro atoms. The third-order valence-corrected chi connectivity index (χ3v) is 17.0. The standard InChI is InChI=1S/C16H34S15/c17-6-26-14(27-7-18)1-13(23)12(2-24-4-15(28-8-19)29-9-20)3-25-5-16(30-10-21)31-11-22/h12-23H,1-11H2. The molecule has 0 aromatic carbocycles. The zero-order chi connectivity index (χ0) is 23.3. The molecule has 0 bridgehead atoms. The molecule has 0 nitrogen and oxygen atoms in total. The summed E-state index contributed by atoms with van der Waals surface area (Å²) >= 11 is 47.1. The number of hydrogen-bond donors (Lipinski definition) is 7. The monoisotopic (exact) mass is 706 g/mol. The summed E-state index contributed by atoms with van der Waals surface area (Å²) in [6, 6.07) is 0. The van der Waals surface area contributed by atoms with Gasteiger partial charge in [0.2, 0.25) is 0 Å². The first-order valence-electron chi connectivity index (χ1n) is 9.24. The second-order valence-corrected chi connectivity index (χ2v) is 21.0. The molecule has 0 saturated carbocycles. The minimum Gasteiger partial charge on any atom is -0.176 e. The van der Waals surface area contributed by atoms with E-state index >= 15 is 0 Å². The SMILES string of the molecule is SCSC(CSCC(CSCC(SCS)SCS)C(S)CC(SCS)SCS)SCS. The van der Waals surface area contributed by atoms with Crippen LogP contribution in [0.1, 0.15) is 6.42 Å². The van der Waals surface area contributed by atoms with Gasteiger partial charge in [-0.15, -0.1) is 70.6 Å². The minimum atomic E-state index is 0.381. The molecule has 0 radical (unpaired) electrons. The highest BCUT2D eigenvalue weighted by molar-refractivity contribution is 8.25. The van der Waals surface area contributed by atoms with E-state index < -0.39 is 0 Å². The van der Waals surface area contributed by atoms with Gasteiger partial charge in [0.05, 0.1) is 13.7 Å². The Kier molecular flexibility index (Phi) is 31.4. The highest BCUT2D eigenvalue weighted by atomic mass is 32.2. The van der Waals surface area contributed by atoms with E-state index in [1.165, 1.54) is 0 Å². The second-order valence-electron chi connectivity index (χ2n) is 5.70. The highest BCUT2D eigenvalue weighted by Crippen LogP contribution is 2.36. The van der Waals surface area contributed by atoms with Crippen LogP contribution in [0.3, 0.4) is 0 Å².